The van der Waals surface area contributed by atoms with Crippen molar-refractivity contribution in [2.75, 3.05) is 44.3 Å². The number of amides is 1. The molecule has 5 nitrogen and oxygen atoms in total. The molecule has 0 aromatic heterocycles. The second kappa shape index (κ2) is 6.18. The van der Waals surface area contributed by atoms with E-state index in [9.17, 15) is 4.79 Å². The van der Waals surface area contributed by atoms with Crippen molar-refractivity contribution in [3.63, 3.8) is 0 Å². The van der Waals surface area contributed by atoms with E-state index in [4.69, 9.17) is 9.84 Å². The van der Waals surface area contributed by atoms with Crippen LogP contribution in [-0.2, 0) is 4.74 Å². The van der Waals surface area contributed by atoms with Crippen LogP contribution in [0.1, 0.15) is 12.0 Å². The first-order chi connectivity index (χ1) is 10.2. The number of morpholine rings is 1. The molecular formula is C16H20N2O3. The fourth-order valence-corrected chi connectivity index (χ4v) is 2.81. The van der Waals surface area contributed by atoms with E-state index in [1.54, 1.807) is 0 Å². The van der Waals surface area contributed by atoms with E-state index in [2.05, 4.69) is 29.2 Å². The van der Waals surface area contributed by atoms with Crippen LogP contribution < -0.4 is 4.90 Å². The summed E-state index contributed by atoms with van der Waals surface area (Å²) in [7, 11) is 0. The van der Waals surface area contributed by atoms with Crippen molar-refractivity contribution in [3.05, 3.63) is 35.9 Å². The molecule has 0 saturated carbocycles. The molecule has 2 aliphatic rings. The summed E-state index contributed by atoms with van der Waals surface area (Å²) in [5.74, 6) is 0. The van der Waals surface area contributed by atoms with Crippen molar-refractivity contribution >= 4 is 17.4 Å². The Morgan fingerprint density at radius 2 is 1.81 bits per heavy atom. The van der Waals surface area contributed by atoms with Gasteiger partial charge in [-0.25, -0.2) is 4.79 Å². The highest BCUT2D eigenvalue weighted by atomic mass is 16.5. The van der Waals surface area contributed by atoms with Gasteiger partial charge in [0.15, 0.2) is 0 Å². The molecule has 1 N–H and O–H groups in total. The lowest BCUT2D eigenvalue weighted by atomic mass is 9.99. The molecule has 0 bridgehead atoms. The molecule has 1 amide bonds. The number of hydrogen-bond acceptors (Lipinski definition) is 3. The largest absolute Gasteiger partial charge is 0.465 e. The van der Waals surface area contributed by atoms with Crippen molar-refractivity contribution in [2.45, 2.75) is 6.42 Å². The molecule has 1 saturated heterocycles. The number of nitrogens with zero attached hydrogens (tertiary/aromatic N) is 2. The van der Waals surface area contributed by atoms with Gasteiger partial charge in [0.2, 0.25) is 0 Å². The molecule has 1 aromatic rings. The molecule has 112 valence electrons. The number of rotatable bonds is 2. The maximum Gasteiger partial charge on any atom is 0.407 e. The average molecular weight is 288 g/mol. The van der Waals surface area contributed by atoms with E-state index < -0.39 is 6.09 Å². The third-order valence-electron chi connectivity index (χ3n) is 4.09. The molecule has 0 atom stereocenters. The molecule has 1 fully saturated rings. The highest BCUT2D eigenvalue weighted by molar-refractivity contribution is 5.72. The Labute approximate surface area is 124 Å². The van der Waals surface area contributed by atoms with Gasteiger partial charge in [0, 0.05) is 31.9 Å². The number of ether oxygens (including phenoxy) is 1. The van der Waals surface area contributed by atoms with E-state index in [0.717, 1.165) is 32.7 Å². The Hall–Kier alpha value is -2.01. The lowest BCUT2D eigenvalue weighted by Crippen LogP contribution is -2.36. The second-order valence-corrected chi connectivity index (χ2v) is 5.35. The molecule has 21 heavy (non-hydrogen) atoms. The fraction of sp³-hybridized carbons (Fsp3) is 0.438. The quantitative estimate of drug-likeness (QED) is 0.907. The Morgan fingerprint density at radius 3 is 2.38 bits per heavy atom. The lowest BCUT2D eigenvalue weighted by Gasteiger charge is -2.29. The van der Waals surface area contributed by atoms with Crippen molar-refractivity contribution < 1.29 is 14.6 Å². The van der Waals surface area contributed by atoms with Gasteiger partial charge in [0.25, 0.3) is 0 Å². The van der Waals surface area contributed by atoms with Crippen molar-refractivity contribution in [1.29, 1.82) is 0 Å². The van der Waals surface area contributed by atoms with Gasteiger partial charge >= 0.3 is 6.09 Å². The molecule has 2 heterocycles. The topological polar surface area (TPSA) is 53.0 Å². The summed E-state index contributed by atoms with van der Waals surface area (Å²) < 4.78 is 5.37. The lowest BCUT2D eigenvalue weighted by molar-refractivity contribution is 0.122. The minimum absolute atomic E-state index is 0.482. The number of carboxylic acid groups (broad SMARTS) is 1. The summed E-state index contributed by atoms with van der Waals surface area (Å²) in [6.07, 6.45) is 1.96. The second-order valence-electron chi connectivity index (χ2n) is 5.35. The maximum atomic E-state index is 10.9. The Kier molecular flexibility index (Phi) is 4.10. The van der Waals surface area contributed by atoms with Crippen LogP contribution in [0.25, 0.3) is 5.57 Å². The van der Waals surface area contributed by atoms with Gasteiger partial charge in [-0.05, 0) is 29.7 Å². The fourth-order valence-electron chi connectivity index (χ4n) is 2.81. The number of hydrogen-bond donors (Lipinski definition) is 1. The highest BCUT2D eigenvalue weighted by Crippen LogP contribution is 2.25. The normalized spacial score (nSPS) is 19.3. The monoisotopic (exact) mass is 288 g/mol. The van der Waals surface area contributed by atoms with Crippen LogP contribution in [0, 0.1) is 0 Å². The number of carbonyl (C=O) groups is 1. The van der Waals surface area contributed by atoms with Gasteiger partial charge in [-0.3, -0.25) is 0 Å². The standard InChI is InChI=1S/C16H20N2O3/c19-16(20)18-7-5-14(6-8-18)13-1-3-15(4-2-13)17-9-11-21-12-10-17/h1-5H,6-12H2,(H,19,20). The maximum absolute atomic E-state index is 10.9. The molecule has 0 aliphatic carbocycles. The van der Waals surface area contributed by atoms with E-state index in [1.807, 2.05) is 6.08 Å². The molecule has 3 rings (SSSR count). The first-order valence-electron chi connectivity index (χ1n) is 7.34. The molecule has 1 aromatic carbocycles. The van der Waals surface area contributed by atoms with Crippen LogP contribution in [0.2, 0.25) is 0 Å². The zero-order valence-electron chi connectivity index (χ0n) is 12.0. The van der Waals surface area contributed by atoms with Gasteiger partial charge in [-0.1, -0.05) is 18.2 Å². The highest BCUT2D eigenvalue weighted by Gasteiger charge is 2.17. The van der Waals surface area contributed by atoms with Gasteiger partial charge < -0.3 is 19.6 Å². The summed E-state index contributed by atoms with van der Waals surface area (Å²) in [5.41, 5.74) is 3.66. The van der Waals surface area contributed by atoms with Crippen LogP contribution >= 0.6 is 0 Å². The predicted octanol–water partition coefficient (Wildman–Crippen LogP) is 2.29. The SMILES string of the molecule is O=C(O)N1CC=C(c2ccc(N3CCOCC3)cc2)CC1. The number of benzene rings is 1. The first kappa shape index (κ1) is 13.9. The van der Waals surface area contributed by atoms with E-state index in [1.165, 1.54) is 21.7 Å². The molecule has 0 radical (unpaired) electrons. The first-order valence-corrected chi connectivity index (χ1v) is 7.34. The van der Waals surface area contributed by atoms with Gasteiger partial charge in [0.1, 0.15) is 0 Å². The van der Waals surface area contributed by atoms with Crippen LogP contribution in [0.15, 0.2) is 30.3 Å². The zero-order valence-corrected chi connectivity index (χ0v) is 12.0. The van der Waals surface area contributed by atoms with Crippen LogP contribution in [0.5, 0.6) is 0 Å². The minimum Gasteiger partial charge on any atom is -0.465 e. The zero-order chi connectivity index (χ0) is 14.7. The Morgan fingerprint density at radius 1 is 1.10 bits per heavy atom. The average Bonchev–Trinajstić information content (AvgIpc) is 2.56. The Balaban J connectivity index is 1.68. The van der Waals surface area contributed by atoms with Crippen LogP contribution in [-0.4, -0.2) is 55.5 Å². The molecule has 0 spiro atoms. The Bertz CT molecular complexity index is 533. The minimum atomic E-state index is -0.840. The number of anilines is 1. The third-order valence-corrected chi connectivity index (χ3v) is 4.09. The summed E-state index contributed by atoms with van der Waals surface area (Å²) in [5, 5.41) is 8.96. The van der Waals surface area contributed by atoms with Gasteiger partial charge in [0.05, 0.1) is 13.2 Å². The molecule has 5 heteroatoms. The van der Waals surface area contributed by atoms with Gasteiger partial charge in [-0.15, -0.1) is 0 Å². The molecule has 0 unspecified atom stereocenters. The van der Waals surface area contributed by atoms with E-state index >= 15 is 0 Å². The summed E-state index contributed by atoms with van der Waals surface area (Å²) >= 11 is 0. The molecular weight excluding hydrogens is 268 g/mol. The van der Waals surface area contributed by atoms with Crippen LogP contribution in [0.3, 0.4) is 0 Å². The smallest absolute Gasteiger partial charge is 0.407 e. The van der Waals surface area contributed by atoms with Crippen molar-refractivity contribution in [3.8, 4) is 0 Å². The summed E-state index contributed by atoms with van der Waals surface area (Å²) in [6.45, 7) is 4.52. The molecule has 2 aliphatic heterocycles. The van der Waals surface area contributed by atoms with Crippen molar-refractivity contribution in [2.24, 2.45) is 0 Å². The predicted molar refractivity (Wildman–Crippen MR) is 81.7 cm³/mol. The summed E-state index contributed by atoms with van der Waals surface area (Å²) in [4.78, 5) is 14.7. The van der Waals surface area contributed by atoms with Crippen LogP contribution in [0.4, 0.5) is 10.5 Å². The third kappa shape index (κ3) is 3.19. The van der Waals surface area contributed by atoms with E-state index in [0.29, 0.717) is 13.1 Å². The summed E-state index contributed by atoms with van der Waals surface area (Å²) in [6, 6.07) is 8.55. The van der Waals surface area contributed by atoms with Gasteiger partial charge in [-0.2, -0.15) is 0 Å². The van der Waals surface area contributed by atoms with Crippen molar-refractivity contribution in [1.82, 2.24) is 4.90 Å². The van der Waals surface area contributed by atoms with E-state index in [-0.39, 0.29) is 0 Å².